The minimum atomic E-state index is 0.530. The van der Waals surface area contributed by atoms with Gasteiger partial charge >= 0.3 is 0 Å². The van der Waals surface area contributed by atoms with Gasteiger partial charge in [-0.25, -0.2) is 0 Å². The maximum Gasteiger partial charge on any atom is 0.0257 e. The summed E-state index contributed by atoms with van der Waals surface area (Å²) in [4.78, 5) is 2.80. The zero-order valence-electron chi connectivity index (χ0n) is 13.0. The van der Waals surface area contributed by atoms with Crippen molar-refractivity contribution >= 4 is 0 Å². The van der Waals surface area contributed by atoms with E-state index in [0.717, 1.165) is 30.6 Å². The molecule has 4 unspecified atom stereocenters. The van der Waals surface area contributed by atoms with E-state index in [1.54, 1.807) is 0 Å². The van der Waals surface area contributed by atoms with Crippen LogP contribution in [0.2, 0.25) is 0 Å². The van der Waals surface area contributed by atoms with Crippen LogP contribution < -0.4 is 5.32 Å². The first-order chi connectivity index (χ1) is 8.43. The molecule has 0 aromatic rings. The van der Waals surface area contributed by atoms with E-state index in [-0.39, 0.29) is 0 Å². The lowest BCUT2D eigenvalue weighted by atomic mass is 9.72. The van der Waals surface area contributed by atoms with Gasteiger partial charge in [-0.2, -0.15) is 0 Å². The van der Waals surface area contributed by atoms with Crippen molar-refractivity contribution in [1.29, 1.82) is 0 Å². The Labute approximate surface area is 114 Å². The van der Waals surface area contributed by atoms with Gasteiger partial charge in [0.2, 0.25) is 0 Å². The minimum Gasteiger partial charge on any atom is -0.313 e. The molecule has 2 nitrogen and oxygen atoms in total. The first-order valence-corrected chi connectivity index (χ1v) is 7.92. The number of nitrogens with one attached hydrogen (secondary N) is 1. The van der Waals surface area contributed by atoms with Gasteiger partial charge in [-0.15, -0.1) is 0 Å². The molecule has 1 N–H and O–H groups in total. The zero-order chi connectivity index (χ0) is 13.3. The van der Waals surface area contributed by atoms with Gasteiger partial charge in [-0.3, -0.25) is 4.90 Å². The number of likely N-dealkylation sites (tertiary alicyclic amines) is 1. The third-order valence-corrected chi connectivity index (χ3v) is 5.08. The van der Waals surface area contributed by atoms with E-state index in [2.05, 4.69) is 44.8 Å². The molecule has 0 aromatic heterocycles. The molecule has 18 heavy (non-hydrogen) atoms. The summed E-state index contributed by atoms with van der Waals surface area (Å²) >= 11 is 0. The smallest absolute Gasteiger partial charge is 0.0257 e. The second kappa shape index (κ2) is 5.50. The summed E-state index contributed by atoms with van der Waals surface area (Å²) < 4.78 is 0. The minimum absolute atomic E-state index is 0.530. The van der Waals surface area contributed by atoms with E-state index in [1.165, 1.54) is 32.2 Å². The molecule has 2 aliphatic rings. The van der Waals surface area contributed by atoms with Crippen LogP contribution in [0.25, 0.3) is 0 Å². The van der Waals surface area contributed by atoms with Crippen molar-refractivity contribution in [1.82, 2.24) is 10.2 Å². The monoisotopic (exact) mass is 252 g/mol. The van der Waals surface area contributed by atoms with E-state index >= 15 is 0 Å². The molecule has 106 valence electrons. The highest BCUT2D eigenvalue weighted by Crippen LogP contribution is 2.40. The van der Waals surface area contributed by atoms with Crippen molar-refractivity contribution in [3.8, 4) is 0 Å². The summed E-state index contributed by atoms with van der Waals surface area (Å²) in [6.45, 7) is 14.4. The third-order valence-electron chi connectivity index (χ3n) is 5.08. The van der Waals surface area contributed by atoms with E-state index in [0.29, 0.717) is 5.41 Å². The van der Waals surface area contributed by atoms with Crippen LogP contribution in [0.4, 0.5) is 0 Å². The summed E-state index contributed by atoms with van der Waals surface area (Å²) in [6, 6.07) is 2.25. The lowest BCUT2D eigenvalue weighted by molar-refractivity contribution is 0.0599. The highest BCUT2D eigenvalue weighted by atomic mass is 15.2. The Morgan fingerprint density at radius 3 is 2.56 bits per heavy atom. The summed E-state index contributed by atoms with van der Waals surface area (Å²) in [5, 5.41) is 3.74. The van der Waals surface area contributed by atoms with Crippen LogP contribution in [0, 0.1) is 11.3 Å². The van der Waals surface area contributed by atoms with Crippen molar-refractivity contribution in [2.45, 2.75) is 78.4 Å². The quantitative estimate of drug-likeness (QED) is 0.829. The van der Waals surface area contributed by atoms with Gasteiger partial charge in [-0.05, 0) is 50.5 Å². The molecule has 1 heterocycles. The van der Waals surface area contributed by atoms with Gasteiger partial charge in [0.15, 0.2) is 0 Å². The molecule has 2 fully saturated rings. The van der Waals surface area contributed by atoms with Crippen LogP contribution in [-0.4, -0.2) is 36.1 Å². The third kappa shape index (κ3) is 3.08. The fourth-order valence-corrected chi connectivity index (χ4v) is 4.19. The van der Waals surface area contributed by atoms with Crippen molar-refractivity contribution in [2.75, 3.05) is 13.1 Å². The van der Waals surface area contributed by atoms with E-state index in [4.69, 9.17) is 0 Å². The van der Waals surface area contributed by atoms with Gasteiger partial charge in [0, 0.05) is 24.7 Å². The van der Waals surface area contributed by atoms with E-state index < -0.39 is 0 Å². The van der Waals surface area contributed by atoms with Gasteiger partial charge in [-0.1, -0.05) is 27.7 Å². The predicted molar refractivity (Wildman–Crippen MR) is 78.8 cm³/mol. The topological polar surface area (TPSA) is 15.3 Å². The Hall–Kier alpha value is -0.0800. The highest BCUT2D eigenvalue weighted by Gasteiger charge is 2.41. The summed E-state index contributed by atoms with van der Waals surface area (Å²) in [5.41, 5.74) is 0.530. The number of likely N-dealkylation sites (N-methyl/N-ethyl adjacent to an activating group) is 1. The second-order valence-corrected chi connectivity index (χ2v) is 7.53. The van der Waals surface area contributed by atoms with Crippen LogP contribution in [0.15, 0.2) is 0 Å². The molecule has 2 rings (SSSR count). The largest absolute Gasteiger partial charge is 0.313 e. The lowest BCUT2D eigenvalue weighted by Crippen LogP contribution is -2.55. The molecule has 0 bridgehead atoms. The van der Waals surface area contributed by atoms with Crippen LogP contribution in [0.5, 0.6) is 0 Å². The maximum atomic E-state index is 3.74. The summed E-state index contributed by atoms with van der Waals surface area (Å²) in [5.74, 6) is 0.882. The van der Waals surface area contributed by atoms with Crippen LogP contribution in [0.3, 0.4) is 0 Å². The first-order valence-electron chi connectivity index (χ1n) is 7.92. The molecule has 1 saturated carbocycles. The van der Waals surface area contributed by atoms with Crippen molar-refractivity contribution < 1.29 is 0 Å². The Balaban J connectivity index is 2.09. The lowest BCUT2D eigenvalue weighted by Gasteiger charge is -2.46. The highest BCUT2D eigenvalue weighted by molar-refractivity contribution is 4.98. The molecule has 2 heteroatoms. The van der Waals surface area contributed by atoms with E-state index in [9.17, 15) is 0 Å². The molecule has 0 aromatic carbocycles. The van der Waals surface area contributed by atoms with Gasteiger partial charge in [0.25, 0.3) is 0 Å². The number of hydrogen-bond acceptors (Lipinski definition) is 2. The Morgan fingerprint density at radius 2 is 2.00 bits per heavy atom. The van der Waals surface area contributed by atoms with Crippen molar-refractivity contribution in [2.24, 2.45) is 11.3 Å². The fraction of sp³-hybridized carbons (Fsp3) is 1.00. The van der Waals surface area contributed by atoms with Crippen LogP contribution in [0.1, 0.15) is 60.3 Å². The van der Waals surface area contributed by atoms with Crippen LogP contribution in [-0.2, 0) is 0 Å². The standard InChI is InChI=1S/C16H32N2/c1-6-17-14-7-8-16(4,5)10-15(14)18-11-12(2)9-13(18)3/h12-15,17H,6-11H2,1-5H3. The number of rotatable bonds is 3. The molecule has 1 saturated heterocycles. The Morgan fingerprint density at radius 1 is 1.28 bits per heavy atom. The van der Waals surface area contributed by atoms with Crippen molar-refractivity contribution in [3.05, 3.63) is 0 Å². The molecule has 0 radical (unpaired) electrons. The molecule has 0 amide bonds. The Bertz CT molecular complexity index is 274. The number of nitrogens with zero attached hydrogens (tertiary/aromatic N) is 1. The van der Waals surface area contributed by atoms with Gasteiger partial charge in [0.1, 0.15) is 0 Å². The Kier molecular flexibility index (Phi) is 4.38. The fourth-order valence-electron chi connectivity index (χ4n) is 4.19. The molecule has 1 aliphatic heterocycles. The first kappa shape index (κ1) is 14.3. The normalized spacial score (nSPS) is 41.2. The summed E-state index contributed by atoms with van der Waals surface area (Å²) in [6.07, 6.45) is 5.47. The average Bonchev–Trinajstić information content (AvgIpc) is 2.60. The molecular weight excluding hydrogens is 220 g/mol. The number of hydrogen-bond donors (Lipinski definition) is 1. The summed E-state index contributed by atoms with van der Waals surface area (Å²) in [7, 11) is 0. The zero-order valence-corrected chi connectivity index (χ0v) is 13.0. The molecular formula is C16H32N2. The van der Waals surface area contributed by atoms with E-state index in [1.807, 2.05) is 0 Å². The van der Waals surface area contributed by atoms with Crippen LogP contribution >= 0.6 is 0 Å². The maximum absolute atomic E-state index is 3.74. The van der Waals surface area contributed by atoms with Gasteiger partial charge in [0.05, 0.1) is 0 Å². The molecule has 0 spiro atoms. The predicted octanol–water partition coefficient (Wildman–Crippen LogP) is 3.27. The molecule has 1 aliphatic carbocycles. The molecule has 4 atom stereocenters. The average molecular weight is 252 g/mol. The van der Waals surface area contributed by atoms with Gasteiger partial charge < -0.3 is 5.32 Å². The SMILES string of the molecule is CCNC1CCC(C)(C)CC1N1CC(C)CC1C. The second-order valence-electron chi connectivity index (χ2n) is 7.53. The van der Waals surface area contributed by atoms with Crippen molar-refractivity contribution in [3.63, 3.8) is 0 Å².